The highest BCUT2D eigenvalue weighted by molar-refractivity contribution is 7.88. The van der Waals surface area contributed by atoms with Crippen molar-refractivity contribution in [3.63, 3.8) is 0 Å². The quantitative estimate of drug-likeness (QED) is 0.634. The molecule has 0 saturated heterocycles. The molecule has 0 bridgehead atoms. The molecule has 0 amide bonds. The van der Waals surface area contributed by atoms with E-state index in [0.717, 1.165) is 5.56 Å². The summed E-state index contributed by atoms with van der Waals surface area (Å²) < 4.78 is 50.1. The van der Waals surface area contributed by atoms with Crippen molar-refractivity contribution >= 4 is 10.0 Å². The fourth-order valence-electron chi connectivity index (χ4n) is 2.37. The van der Waals surface area contributed by atoms with Crippen LogP contribution in [0.2, 0.25) is 0 Å². The lowest BCUT2D eigenvalue weighted by Crippen LogP contribution is -2.27. The molecule has 3 rings (SSSR count). The van der Waals surface area contributed by atoms with Crippen molar-refractivity contribution in [2.75, 3.05) is 13.7 Å². The summed E-state index contributed by atoms with van der Waals surface area (Å²) in [5, 5.41) is 7.89. The van der Waals surface area contributed by atoms with Crippen molar-refractivity contribution in [3.05, 3.63) is 65.8 Å². The molecular formula is C18H18FN3O4S. The molecule has 0 aliphatic rings. The third-order valence-corrected chi connectivity index (χ3v) is 5.09. The van der Waals surface area contributed by atoms with Crippen LogP contribution in [-0.4, -0.2) is 32.3 Å². The van der Waals surface area contributed by atoms with Crippen molar-refractivity contribution in [2.24, 2.45) is 0 Å². The molecule has 0 radical (unpaired) electrons. The number of hydrogen-bond donors (Lipinski definition) is 1. The van der Waals surface area contributed by atoms with Crippen LogP contribution in [0.25, 0.3) is 11.5 Å². The first kappa shape index (κ1) is 19.0. The Morgan fingerprint density at radius 3 is 2.44 bits per heavy atom. The van der Waals surface area contributed by atoms with E-state index in [1.54, 1.807) is 31.4 Å². The summed E-state index contributed by atoms with van der Waals surface area (Å²) in [4.78, 5) is 0. The standard InChI is InChI=1S/C18H18FN3O4S/c1-25-16-8-4-14(5-9-16)18-22-21-17(26-18)10-11-20-27(23,24)12-13-2-6-15(19)7-3-13/h2-9,20H,10-12H2,1H3. The van der Waals surface area contributed by atoms with Crippen LogP contribution in [-0.2, 0) is 22.2 Å². The molecule has 2 aromatic carbocycles. The highest BCUT2D eigenvalue weighted by atomic mass is 32.2. The summed E-state index contributed by atoms with van der Waals surface area (Å²) >= 11 is 0. The van der Waals surface area contributed by atoms with Gasteiger partial charge in [0.05, 0.1) is 12.9 Å². The third kappa shape index (κ3) is 5.35. The highest BCUT2D eigenvalue weighted by Crippen LogP contribution is 2.21. The van der Waals surface area contributed by atoms with Gasteiger partial charge in [-0.2, -0.15) is 0 Å². The Hall–Kier alpha value is -2.78. The van der Waals surface area contributed by atoms with Crippen LogP contribution in [0.5, 0.6) is 5.75 Å². The number of nitrogens with one attached hydrogen (secondary N) is 1. The molecule has 0 spiro atoms. The van der Waals surface area contributed by atoms with Gasteiger partial charge in [-0.3, -0.25) is 0 Å². The Kier molecular flexibility index (Phi) is 5.82. The van der Waals surface area contributed by atoms with E-state index in [1.807, 2.05) is 0 Å². The zero-order valence-electron chi connectivity index (χ0n) is 14.6. The highest BCUT2D eigenvalue weighted by Gasteiger charge is 2.13. The number of halogens is 1. The molecule has 0 fully saturated rings. The van der Waals surface area contributed by atoms with Crippen molar-refractivity contribution in [1.82, 2.24) is 14.9 Å². The Morgan fingerprint density at radius 1 is 1.07 bits per heavy atom. The molecule has 0 aliphatic carbocycles. The zero-order valence-corrected chi connectivity index (χ0v) is 15.4. The summed E-state index contributed by atoms with van der Waals surface area (Å²) in [6, 6.07) is 12.5. The van der Waals surface area contributed by atoms with Gasteiger partial charge in [-0.25, -0.2) is 17.5 Å². The monoisotopic (exact) mass is 391 g/mol. The number of hydrogen-bond acceptors (Lipinski definition) is 6. The molecule has 1 N–H and O–H groups in total. The smallest absolute Gasteiger partial charge is 0.247 e. The molecule has 1 heterocycles. The maximum Gasteiger partial charge on any atom is 0.247 e. The number of rotatable bonds is 8. The lowest BCUT2D eigenvalue weighted by molar-refractivity contribution is 0.415. The van der Waals surface area contributed by atoms with E-state index in [2.05, 4.69) is 14.9 Å². The first-order valence-corrected chi connectivity index (χ1v) is 9.79. The van der Waals surface area contributed by atoms with Gasteiger partial charge in [0.1, 0.15) is 11.6 Å². The number of benzene rings is 2. The number of nitrogens with zero attached hydrogens (tertiary/aromatic N) is 2. The van der Waals surface area contributed by atoms with E-state index >= 15 is 0 Å². The summed E-state index contributed by atoms with van der Waals surface area (Å²) in [5.41, 5.74) is 1.25. The second-order valence-corrected chi connectivity index (χ2v) is 7.57. The molecule has 1 aromatic heterocycles. The second kappa shape index (κ2) is 8.28. The number of ether oxygens (including phenoxy) is 1. The Morgan fingerprint density at radius 2 is 1.78 bits per heavy atom. The molecule has 0 aliphatic heterocycles. The molecule has 3 aromatic rings. The van der Waals surface area contributed by atoms with Crippen molar-refractivity contribution in [3.8, 4) is 17.2 Å². The second-order valence-electron chi connectivity index (χ2n) is 5.76. The fraction of sp³-hybridized carbons (Fsp3) is 0.222. The molecule has 0 atom stereocenters. The van der Waals surface area contributed by atoms with Gasteiger partial charge in [-0.05, 0) is 42.0 Å². The minimum atomic E-state index is -3.55. The zero-order chi connectivity index (χ0) is 19.3. The lowest BCUT2D eigenvalue weighted by atomic mass is 10.2. The van der Waals surface area contributed by atoms with Gasteiger partial charge in [0, 0.05) is 18.5 Å². The maximum atomic E-state index is 12.9. The molecule has 142 valence electrons. The van der Waals surface area contributed by atoms with Crippen LogP contribution < -0.4 is 9.46 Å². The summed E-state index contributed by atoms with van der Waals surface area (Å²) in [6.07, 6.45) is 0.256. The summed E-state index contributed by atoms with van der Waals surface area (Å²) in [7, 11) is -1.97. The predicted octanol–water partition coefficient (Wildman–Crippen LogP) is 2.55. The Balaban J connectivity index is 1.54. The average Bonchev–Trinajstić information content (AvgIpc) is 3.12. The lowest BCUT2D eigenvalue weighted by Gasteiger charge is -2.05. The number of aromatic nitrogens is 2. The van der Waals surface area contributed by atoms with Gasteiger partial charge < -0.3 is 9.15 Å². The van der Waals surface area contributed by atoms with Crippen LogP contribution in [0.15, 0.2) is 52.9 Å². The van der Waals surface area contributed by atoms with E-state index in [4.69, 9.17) is 9.15 Å². The van der Waals surface area contributed by atoms with Crippen LogP contribution in [0.3, 0.4) is 0 Å². The molecule has 7 nitrogen and oxygen atoms in total. The van der Waals surface area contributed by atoms with Crippen molar-refractivity contribution in [1.29, 1.82) is 0 Å². The molecule has 0 saturated carbocycles. The molecule has 0 unspecified atom stereocenters. The Bertz CT molecular complexity index is 986. The van der Waals surface area contributed by atoms with Crippen molar-refractivity contribution in [2.45, 2.75) is 12.2 Å². The predicted molar refractivity (Wildman–Crippen MR) is 97.0 cm³/mol. The topological polar surface area (TPSA) is 94.3 Å². The van der Waals surface area contributed by atoms with Crippen LogP contribution >= 0.6 is 0 Å². The van der Waals surface area contributed by atoms with Gasteiger partial charge in [0.25, 0.3) is 0 Å². The number of sulfonamides is 1. The van der Waals surface area contributed by atoms with Crippen LogP contribution in [0.1, 0.15) is 11.5 Å². The minimum absolute atomic E-state index is 0.119. The SMILES string of the molecule is COc1ccc(-c2nnc(CCNS(=O)(=O)Cc3ccc(F)cc3)o2)cc1. The maximum absolute atomic E-state index is 12.9. The number of methoxy groups -OCH3 is 1. The van der Waals surface area contributed by atoms with E-state index in [0.29, 0.717) is 23.1 Å². The van der Waals surface area contributed by atoms with Gasteiger partial charge in [-0.1, -0.05) is 12.1 Å². The van der Waals surface area contributed by atoms with Crippen molar-refractivity contribution < 1.29 is 22.0 Å². The van der Waals surface area contributed by atoms with Crippen LogP contribution in [0.4, 0.5) is 4.39 Å². The molecule has 27 heavy (non-hydrogen) atoms. The third-order valence-electron chi connectivity index (χ3n) is 3.73. The van der Waals surface area contributed by atoms with E-state index in [9.17, 15) is 12.8 Å². The normalized spacial score (nSPS) is 11.5. The van der Waals surface area contributed by atoms with E-state index in [1.165, 1.54) is 24.3 Å². The minimum Gasteiger partial charge on any atom is -0.497 e. The Labute approximate surface area is 156 Å². The van der Waals surface area contributed by atoms with Gasteiger partial charge in [0.2, 0.25) is 21.8 Å². The molecule has 9 heteroatoms. The average molecular weight is 391 g/mol. The first-order valence-electron chi connectivity index (χ1n) is 8.14. The van der Waals surface area contributed by atoms with Gasteiger partial charge in [-0.15, -0.1) is 10.2 Å². The molecular weight excluding hydrogens is 373 g/mol. The van der Waals surface area contributed by atoms with Gasteiger partial charge >= 0.3 is 0 Å². The van der Waals surface area contributed by atoms with Crippen LogP contribution in [0, 0.1) is 5.82 Å². The fourth-order valence-corrected chi connectivity index (χ4v) is 3.52. The summed E-state index contributed by atoms with van der Waals surface area (Å²) in [6.45, 7) is 0.119. The van der Waals surface area contributed by atoms with Gasteiger partial charge in [0.15, 0.2) is 0 Å². The van der Waals surface area contributed by atoms with E-state index in [-0.39, 0.29) is 18.7 Å². The first-order chi connectivity index (χ1) is 12.9. The van der Waals surface area contributed by atoms with E-state index < -0.39 is 15.8 Å². The largest absolute Gasteiger partial charge is 0.497 e. The summed E-state index contributed by atoms with van der Waals surface area (Å²) in [5.74, 6) is 0.753.